The van der Waals surface area contributed by atoms with Gasteiger partial charge in [-0.1, -0.05) is 13.8 Å². The predicted molar refractivity (Wildman–Crippen MR) is 91.2 cm³/mol. The van der Waals surface area contributed by atoms with Gasteiger partial charge in [-0.3, -0.25) is 9.59 Å². The van der Waals surface area contributed by atoms with Crippen LogP contribution < -0.4 is 16.8 Å². The lowest BCUT2D eigenvalue weighted by molar-refractivity contribution is -0.115. The third kappa shape index (κ3) is 4.61. The van der Waals surface area contributed by atoms with Gasteiger partial charge in [-0.15, -0.1) is 11.3 Å². The molecule has 2 aromatic rings. The lowest BCUT2D eigenvalue weighted by Gasteiger charge is -2.11. The summed E-state index contributed by atoms with van der Waals surface area (Å²) < 4.78 is 0. The lowest BCUT2D eigenvalue weighted by atomic mass is 10.1. The summed E-state index contributed by atoms with van der Waals surface area (Å²) in [6.45, 7) is 4.07. The van der Waals surface area contributed by atoms with Crippen molar-refractivity contribution in [1.82, 2.24) is 4.98 Å². The van der Waals surface area contributed by atoms with Crippen molar-refractivity contribution in [3.8, 4) is 0 Å². The number of primary amides is 1. The highest BCUT2D eigenvalue weighted by atomic mass is 32.1. The predicted octanol–water partition coefficient (Wildman–Crippen LogP) is 2.08. The smallest absolute Gasteiger partial charge is 0.248 e. The summed E-state index contributed by atoms with van der Waals surface area (Å²) in [5, 5.41) is 5.46. The molecular formula is C16H20N4O2S. The maximum Gasteiger partial charge on any atom is 0.248 e. The van der Waals surface area contributed by atoms with Gasteiger partial charge >= 0.3 is 0 Å². The minimum Gasteiger partial charge on any atom is -0.366 e. The topological polar surface area (TPSA) is 111 Å². The second-order valence-corrected chi connectivity index (χ2v) is 6.50. The number of thiazole rings is 1. The van der Waals surface area contributed by atoms with E-state index in [4.69, 9.17) is 11.5 Å². The van der Waals surface area contributed by atoms with Crippen molar-refractivity contribution in [1.29, 1.82) is 0 Å². The van der Waals surface area contributed by atoms with Gasteiger partial charge in [0.1, 0.15) is 5.01 Å². The van der Waals surface area contributed by atoms with Crippen LogP contribution in [0.5, 0.6) is 0 Å². The van der Waals surface area contributed by atoms with Gasteiger partial charge in [-0.25, -0.2) is 4.98 Å². The van der Waals surface area contributed by atoms with E-state index in [9.17, 15) is 9.59 Å². The molecule has 2 amide bonds. The standard InChI is InChI=1S/C16H20N4O2S/c1-9(2)14(17)16-20-12(8-23-16)7-13(21)19-11-5-3-10(4-6-11)15(18)22/h3-6,8-9,14H,7,17H2,1-2H3,(H2,18,22)(H,19,21). The van der Waals surface area contributed by atoms with Gasteiger partial charge in [0, 0.05) is 16.6 Å². The number of nitrogens with two attached hydrogens (primary N) is 2. The number of anilines is 1. The largest absolute Gasteiger partial charge is 0.366 e. The van der Waals surface area contributed by atoms with Crippen molar-refractivity contribution < 1.29 is 9.59 Å². The van der Waals surface area contributed by atoms with Crippen LogP contribution in [-0.4, -0.2) is 16.8 Å². The van der Waals surface area contributed by atoms with Gasteiger partial charge in [0.05, 0.1) is 18.2 Å². The van der Waals surface area contributed by atoms with Crippen LogP contribution in [0.3, 0.4) is 0 Å². The molecule has 1 atom stereocenters. The number of nitrogens with one attached hydrogen (secondary N) is 1. The molecule has 1 heterocycles. The van der Waals surface area contributed by atoms with E-state index in [0.29, 0.717) is 22.9 Å². The molecule has 0 aliphatic heterocycles. The molecule has 0 radical (unpaired) electrons. The minimum atomic E-state index is -0.501. The van der Waals surface area contributed by atoms with Gasteiger partial charge < -0.3 is 16.8 Å². The number of amides is 2. The molecule has 6 nitrogen and oxygen atoms in total. The Labute approximate surface area is 138 Å². The molecular weight excluding hydrogens is 312 g/mol. The zero-order chi connectivity index (χ0) is 17.0. The Morgan fingerprint density at radius 2 is 1.91 bits per heavy atom. The Morgan fingerprint density at radius 3 is 2.48 bits per heavy atom. The summed E-state index contributed by atoms with van der Waals surface area (Å²) in [4.78, 5) is 27.5. The average Bonchev–Trinajstić information content (AvgIpc) is 2.95. The molecule has 1 unspecified atom stereocenters. The third-order valence-electron chi connectivity index (χ3n) is 3.37. The molecule has 1 aromatic heterocycles. The van der Waals surface area contributed by atoms with Crippen LogP contribution in [0.2, 0.25) is 0 Å². The Hall–Kier alpha value is -2.25. The lowest BCUT2D eigenvalue weighted by Crippen LogP contribution is -2.17. The maximum absolute atomic E-state index is 12.0. The molecule has 0 fully saturated rings. The van der Waals surface area contributed by atoms with Crippen molar-refractivity contribution in [2.45, 2.75) is 26.3 Å². The zero-order valence-electron chi connectivity index (χ0n) is 13.1. The molecule has 0 saturated heterocycles. The molecule has 122 valence electrons. The fourth-order valence-electron chi connectivity index (χ4n) is 1.93. The average molecular weight is 332 g/mol. The summed E-state index contributed by atoms with van der Waals surface area (Å²) >= 11 is 1.47. The van der Waals surface area contributed by atoms with E-state index < -0.39 is 5.91 Å². The number of benzene rings is 1. The number of hydrogen-bond acceptors (Lipinski definition) is 5. The number of nitrogens with zero attached hydrogens (tertiary/aromatic N) is 1. The van der Waals surface area contributed by atoms with Crippen molar-refractivity contribution in [3.05, 3.63) is 45.9 Å². The fourth-order valence-corrected chi connectivity index (χ4v) is 2.92. The van der Waals surface area contributed by atoms with E-state index in [2.05, 4.69) is 10.3 Å². The third-order valence-corrected chi connectivity index (χ3v) is 4.36. The summed E-state index contributed by atoms with van der Waals surface area (Å²) in [5.74, 6) is -0.377. The van der Waals surface area contributed by atoms with Gasteiger partial charge in [-0.05, 0) is 30.2 Å². The molecule has 5 N–H and O–H groups in total. The summed E-state index contributed by atoms with van der Waals surface area (Å²) in [6, 6.07) is 6.30. The SMILES string of the molecule is CC(C)C(N)c1nc(CC(=O)Nc2ccc(C(N)=O)cc2)cs1. The Bertz CT molecular complexity index is 694. The van der Waals surface area contributed by atoms with Crippen molar-refractivity contribution in [2.24, 2.45) is 17.4 Å². The molecule has 0 bridgehead atoms. The first-order valence-corrected chi connectivity index (χ1v) is 8.14. The molecule has 2 rings (SSSR count). The van der Waals surface area contributed by atoms with Crippen LogP contribution in [0, 0.1) is 5.92 Å². The van der Waals surface area contributed by atoms with Crippen LogP contribution in [0.1, 0.15) is 40.9 Å². The second-order valence-electron chi connectivity index (χ2n) is 5.61. The van der Waals surface area contributed by atoms with Crippen molar-refractivity contribution >= 4 is 28.8 Å². The van der Waals surface area contributed by atoms with Gasteiger partial charge in [0.2, 0.25) is 11.8 Å². The van der Waals surface area contributed by atoms with Gasteiger partial charge in [0.25, 0.3) is 0 Å². The molecule has 0 aliphatic carbocycles. The first-order chi connectivity index (χ1) is 10.9. The fraction of sp³-hybridized carbons (Fsp3) is 0.312. The molecule has 7 heteroatoms. The summed E-state index contributed by atoms with van der Waals surface area (Å²) in [6.07, 6.45) is 0.179. The van der Waals surface area contributed by atoms with E-state index in [1.165, 1.54) is 11.3 Å². The van der Waals surface area contributed by atoms with Crippen molar-refractivity contribution in [3.63, 3.8) is 0 Å². The van der Waals surface area contributed by atoms with Crippen LogP contribution in [0.4, 0.5) is 5.69 Å². The number of aromatic nitrogens is 1. The van der Waals surface area contributed by atoms with Crippen LogP contribution >= 0.6 is 11.3 Å². The highest BCUT2D eigenvalue weighted by molar-refractivity contribution is 7.09. The van der Waals surface area contributed by atoms with Crippen LogP contribution in [-0.2, 0) is 11.2 Å². The maximum atomic E-state index is 12.0. The number of hydrogen-bond donors (Lipinski definition) is 3. The molecule has 0 spiro atoms. The van der Waals surface area contributed by atoms with E-state index in [0.717, 1.165) is 5.01 Å². The quantitative estimate of drug-likeness (QED) is 0.752. The Balaban J connectivity index is 1.95. The minimum absolute atomic E-state index is 0.113. The second kappa shape index (κ2) is 7.34. The van der Waals surface area contributed by atoms with Gasteiger partial charge in [0.15, 0.2) is 0 Å². The highest BCUT2D eigenvalue weighted by Crippen LogP contribution is 2.22. The number of rotatable bonds is 6. The van der Waals surface area contributed by atoms with Crippen LogP contribution in [0.15, 0.2) is 29.6 Å². The summed E-state index contributed by atoms with van der Waals surface area (Å²) in [7, 11) is 0. The Morgan fingerprint density at radius 1 is 1.26 bits per heavy atom. The molecule has 23 heavy (non-hydrogen) atoms. The molecule has 0 aliphatic rings. The zero-order valence-corrected chi connectivity index (χ0v) is 13.9. The van der Waals surface area contributed by atoms with Crippen molar-refractivity contribution in [2.75, 3.05) is 5.32 Å². The van der Waals surface area contributed by atoms with E-state index >= 15 is 0 Å². The monoisotopic (exact) mass is 332 g/mol. The van der Waals surface area contributed by atoms with Crippen LogP contribution in [0.25, 0.3) is 0 Å². The highest BCUT2D eigenvalue weighted by Gasteiger charge is 2.15. The molecule has 0 saturated carbocycles. The normalized spacial score (nSPS) is 12.2. The number of carbonyl (C=O) groups is 2. The Kier molecular flexibility index (Phi) is 5.46. The first-order valence-electron chi connectivity index (χ1n) is 7.26. The van der Waals surface area contributed by atoms with Gasteiger partial charge in [-0.2, -0.15) is 0 Å². The molecule has 1 aromatic carbocycles. The van der Waals surface area contributed by atoms with E-state index in [1.807, 2.05) is 19.2 Å². The first kappa shape index (κ1) is 17.1. The van der Waals surface area contributed by atoms with E-state index in [1.54, 1.807) is 24.3 Å². The van der Waals surface area contributed by atoms with E-state index in [-0.39, 0.29) is 18.4 Å². The number of carbonyl (C=O) groups excluding carboxylic acids is 2. The summed E-state index contributed by atoms with van der Waals surface area (Å²) in [5.41, 5.74) is 12.9.